The van der Waals surface area contributed by atoms with E-state index in [1.165, 1.54) is 12.1 Å². The molecule has 0 saturated carbocycles. The number of fused-ring (bicyclic) bond motifs is 1. The average Bonchev–Trinajstić information content (AvgIpc) is 2.84. The number of nitrogens with zero attached hydrogens (tertiary/aromatic N) is 2. The van der Waals surface area contributed by atoms with Crippen molar-refractivity contribution < 1.29 is 8.78 Å². The molecule has 5 heteroatoms. The van der Waals surface area contributed by atoms with Crippen LogP contribution in [-0.4, -0.2) is 16.7 Å². The van der Waals surface area contributed by atoms with E-state index in [4.69, 9.17) is 0 Å². The van der Waals surface area contributed by atoms with Crippen molar-refractivity contribution in [1.29, 1.82) is 0 Å². The summed E-state index contributed by atoms with van der Waals surface area (Å²) >= 11 is 0. The monoisotopic (exact) mass is 337 g/mol. The molecule has 0 saturated heterocycles. The van der Waals surface area contributed by atoms with Crippen molar-refractivity contribution in [3.8, 4) is 11.3 Å². The number of nitrogens with one attached hydrogen (secondary N) is 1. The first-order chi connectivity index (χ1) is 12.2. The summed E-state index contributed by atoms with van der Waals surface area (Å²) in [6, 6.07) is 13.4. The van der Waals surface area contributed by atoms with E-state index in [0.29, 0.717) is 17.8 Å². The Morgan fingerprint density at radius 3 is 2.64 bits per heavy atom. The molecule has 0 aliphatic carbocycles. The summed E-state index contributed by atoms with van der Waals surface area (Å²) in [7, 11) is 0. The molecule has 3 nitrogen and oxygen atoms in total. The van der Waals surface area contributed by atoms with Crippen molar-refractivity contribution in [2.75, 3.05) is 6.54 Å². The molecule has 1 atom stereocenters. The minimum atomic E-state index is -0.312. The fraction of sp³-hybridized carbons (Fsp3) is 0.200. The normalized spacial score (nSPS) is 17.0. The maximum absolute atomic E-state index is 14.8. The van der Waals surface area contributed by atoms with E-state index in [1.54, 1.807) is 36.5 Å². The van der Waals surface area contributed by atoms with E-state index in [0.717, 1.165) is 29.7 Å². The molecule has 4 rings (SSSR count). The van der Waals surface area contributed by atoms with Gasteiger partial charge in [0, 0.05) is 24.2 Å². The van der Waals surface area contributed by atoms with Gasteiger partial charge in [0.1, 0.15) is 11.6 Å². The van der Waals surface area contributed by atoms with Gasteiger partial charge in [-0.25, -0.2) is 8.78 Å². The maximum atomic E-state index is 14.8. The molecule has 0 radical (unpaired) electrons. The van der Waals surface area contributed by atoms with E-state index in [2.05, 4.69) is 15.5 Å². The number of rotatable bonds is 2. The molecule has 126 valence electrons. The zero-order valence-corrected chi connectivity index (χ0v) is 13.5. The zero-order valence-electron chi connectivity index (χ0n) is 13.5. The molecule has 2 aromatic carbocycles. The van der Waals surface area contributed by atoms with Crippen molar-refractivity contribution in [1.82, 2.24) is 15.5 Å². The molecule has 1 aliphatic heterocycles. The number of benzene rings is 2. The van der Waals surface area contributed by atoms with Gasteiger partial charge in [-0.15, -0.1) is 0 Å². The molecule has 1 N–H and O–H groups in total. The summed E-state index contributed by atoms with van der Waals surface area (Å²) < 4.78 is 28.1. The van der Waals surface area contributed by atoms with Gasteiger partial charge in [-0.2, -0.15) is 10.2 Å². The Labute approximate surface area is 144 Å². The van der Waals surface area contributed by atoms with Crippen molar-refractivity contribution in [2.45, 2.75) is 18.9 Å². The lowest BCUT2D eigenvalue weighted by atomic mass is 9.85. The van der Waals surface area contributed by atoms with Gasteiger partial charge < -0.3 is 5.32 Å². The van der Waals surface area contributed by atoms with Crippen LogP contribution in [0, 0.1) is 11.6 Å². The van der Waals surface area contributed by atoms with Gasteiger partial charge in [-0.3, -0.25) is 0 Å². The van der Waals surface area contributed by atoms with Crippen LogP contribution in [0.4, 0.5) is 8.78 Å². The van der Waals surface area contributed by atoms with Gasteiger partial charge in [0.05, 0.1) is 5.69 Å². The zero-order chi connectivity index (χ0) is 17.2. The minimum absolute atomic E-state index is 0.0380. The standard InChI is InChI=1S/C20H17F2N3/c21-15-5-3-13(4-6-15)16-7-9-23-12-14-10-18(19(22)11-17(14)16)20-2-1-8-24-25-20/h1-6,8,10-11,16,23H,7,9,12H2. The number of halogens is 2. The van der Waals surface area contributed by atoms with Crippen LogP contribution in [-0.2, 0) is 6.54 Å². The lowest BCUT2D eigenvalue weighted by Gasteiger charge is -2.19. The molecule has 3 aromatic rings. The molecule has 25 heavy (non-hydrogen) atoms. The van der Waals surface area contributed by atoms with Crippen LogP contribution in [0.25, 0.3) is 11.3 Å². The maximum Gasteiger partial charge on any atom is 0.132 e. The van der Waals surface area contributed by atoms with Crippen LogP contribution in [0.15, 0.2) is 54.7 Å². The summed E-state index contributed by atoms with van der Waals surface area (Å²) in [5, 5.41) is 11.2. The van der Waals surface area contributed by atoms with Crippen molar-refractivity contribution in [3.05, 3.63) is 83.1 Å². The van der Waals surface area contributed by atoms with E-state index in [9.17, 15) is 8.78 Å². The van der Waals surface area contributed by atoms with Crippen molar-refractivity contribution in [2.24, 2.45) is 0 Å². The average molecular weight is 337 g/mol. The van der Waals surface area contributed by atoms with Gasteiger partial charge in [0.2, 0.25) is 0 Å². The van der Waals surface area contributed by atoms with Crippen molar-refractivity contribution in [3.63, 3.8) is 0 Å². The number of aromatic nitrogens is 2. The molecule has 0 bridgehead atoms. The van der Waals surface area contributed by atoms with Crippen LogP contribution in [0.5, 0.6) is 0 Å². The quantitative estimate of drug-likeness (QED) is 0.767. The topological polar surface area (TPSA) is 37.8 Å². The van der Waals surface area contributed by atoms with Gasteiger partial charge in [-0.1, -0.05) is 12.1 Å². The summed E-state index contributed by atoms with van der Waals surface area (Å²) in [5.74, 6) is -0.538. The molecule has 1 aliphatic rings. The lowest BCUT2D eigenvalue weighted by Crippen LogP contribution is -2.12. The fourth-order valence-corrected chi connectivity index (χ4v) is 3.42. The molecular formula is C20H17F2N3. The third kappa shape index (κ3) is 3.15. The SMILES string of the molecule is Fc1ccc(C2CCNCc3cc(-c4cccnn4)c(F)cc32)cc1. The Morgan fingerprint density at radius 1 is 1.04 bits per heavy atom. The Morgan fingerprint density at radius 2 is 1.88 bits per heavy atom. The van der Waals surface area contributed by atoms with Crippen LogP contribution < -0.4 is 5.32 Å². The fourth-order valence-electron chi connectivity index (χ4n) is 3.42. The van der Waals surface area contributed by atoms with E-state index >= 15 is 0 Å². The summed E-state index contributed by atoms with van der Waals surface area (Å²) in [4.78, 5) is 0. The second-order valence-electron chi connectivity index (χ2n) is 6.21. The van der Waals surface area contributed by atoms with E-state index < -0.39 is 0 Å². The predicted octanol–water partition coefficient (Wildman–Crippen LogP) is 4.05. The Balaban J connectivity index is 1.81. The first-order valence-corrected chi connectivity index (χ1v) is 8.29. The second-order valence-corrected chi connectivity index (χ2v) is 6.21. The highest BCUT2D eigenvalue weighted by atomic mass is 19.1. The van der Waals surface area contributed by atoms with Crippen LogP contribution in [0.2, 0.25) is 0 Å². The van der Waals surface area contributed by atoms with Crippen LogP contribution in [0.3, 0.4) is 0 Å². The van der Waals surface area contributed by atoms with E-state index in [1.807, 2.05) is 6.07 Å². The van der Waals surface area contributed by atoms with Gasteiger partial charge in [0.15, 0.2) is 0 Å². The first-order valence-electron chi connectivity index (χ1n) is 8.29. The third-order valence-corrected chi connectivity index (χ3v) is 4.65. The molecule has 2 heterocycles. The van der Waals surface area contributed by atoms with Crippen LogP contribution in [0.1, 0.15) is 29.0 Å². The smallest absolute Gasteiger partial charge is 0.132 e. The summed E-state index contributed by atoms with van der Waals surface area (Å²) in [6.45, 7) is 1.49. The second kappa shape index (κ2) is 6.69. The predicted molar refractivity (Wildman–Crippen MR) is 92.0 cm³/mol. The highest BCUT2D eigenvalue weighted by Gasteiger charge is 2.23. The highest BCUT2D eigenvalue weighted by molar-refractivity contribution is 5.62. The Hall–Kier alpha value is -2.66. The lowest BCUT2D eigenvalue weighted by molar-refractivity contribution is 0.617. The summed E-state index contributed by atoms with van der Waals surface area (Å²) in [6.07, 6.45) is 2.40. The molecule has 0 spiro atoms. The van der Waals surface area contributed by atoms with E-state index in [-0.39, 0.29) is 17.6 Å². The highest BCUT2D eigenvalue weighted by Crippen LogP contribution is 2.35. The number of hydrogen-bond acceptors (Lipinski definition) is 3. The van der Waals surface area contributed by atoms with Crippen molar-refractivity contribution >= 4 is 0 Å². The molecule has 0 fully saturated rings. The Bertz CT molecular complexity index is 879. The van der Waals surface area contributed by atoms with Gasteiger partial charge in [0.25, 0.3) is 0 Å². The van der Waals surface area contributed by atoms with Gasteiger partial charge >= 0.3 is 0 Å². The van der Waals surface area contributed by atoms with Gasteiger partial charge in [-0.05, 0) is 66.1 Å². The van der Waals surface area contributed by atoms with Crippen LogP contribution >= 0.6 is 0 Å². The largest absolute Gasteiger partial charge is 0.313 e. The Kier molecular flexibility index (Phi) is 4.24. The first kappa shape index (κ1) is 15.8. The minimum Gasteiger partial charge on any atom is -0.313 e. The molecular weight excluding hydrogens is 320 g/mol. The molecule has 1 aromatic heterocycles. The molecule has 0 amide bonds. The third-order valence-electron chi connectivity index (χ3n) is 4.65. The molecule has 1 unspecified atom stereocenters. The number of hydrogen-bond donors (Lipinski definition) is 1. The summed E-state index contributed by atoms with van der Waals surface area (Å²) in [5.41, 5.74) is 3.95.